The number of hydrogen-bond donors (Lipinski definition) is 3. The SMILES string of the molecule is CCCOc1cc(-c2ccc[nH]2)[nH]c1C=C1C=CC(CCCCCC(=O)O)=N1. The molecule has 2 aromatic heterocycles. The highest BCUT2D eigenvalue weighted by atomic mass is 16.5. The van der Waals surface area contributed by atoms with Crippen LogP contribution in [0.5, 0.6) is 5.75 Å². The van der Waals surface area contributed by atoms with E-state index in [2.05, 4.69) is 21.9 Å². The molecule has 0 fully saturated rings. The predicted octanol–water partition coefficient (Wildman–Crippen LogP) is 5.19. The molecule has 28 heavy (non-hydrogen) atoms. The summed E-state index contributed by atoms with van der Waals surface area (Å²) >= 11 is 0. The van der Waals surface area contributed by atoms with Gasteiger partial charge >= 0.3 is 5.97 Å². The zero-order chi connectivity index (χ0) is 19.8. The Balaban J connectivity index is 1.66. The van der Waals surface area contributed by atoms with E-state index >= 15 is 0 Å². The minimum absolute atomic E-state index is 0.240. The average molecular weight is 381 g/mol. The van der Waals surface area contributed by atoms with E-state index < -0.39 is 5.97 Å². The molecule has 0 atom stereocenters. The third kappa shape index (κ3) is 5.49. The van der Waals surface area contributed by atoms with Crippen LogP contribution >= 0.6 is 0 Å². The Morgan fingerprint density at radius 1 is 1.25 bits per heavy atom. The van der Waals surface area contributed by atoms with E-state index in [1.165, 1.54) is 0 Å². The van der Waals surface area contributed by atoms with E-state index in [1.807, 2.05) is 42.6 Å². The van der Waals surface area contributed by atoms with Crippen molar-refractivity contribution in [3.8, 4) is 17.1 Å². The first-order chi connectivity index (χ1) is 13.7. The number of aliphatic imine (C=N–C) groups is 1. The van der Waals surface area contributed by atoms with Crippen molar-refractivity contribution in [2.75, 3.05) is 6.61 Å². The van der Waals surface area contributed by atoms with Gasteiger partial charge in [0.1, 0.15) is 5.75 Å². The number of nitrogens with one attached hydrogen (secondary N) is 2. The van der Waals surface area contributed by atoms with Crippen molar-refractivity contribution in [2.45, 2.75) is 45.4 Å². The Morgan fingerprint density at radius 3 is 2.89 bits per heavy atom. The molecular weight excluding hydrogens is 354 g/mol. The Kier molecular flexibility index (Phi) is 6.89. The second kappa shape index (κ2) is 9.78. The van der Waals surface area contributed by atoms with Crippen molar-refractivity contribution in [2.24, 2.45) is 4.99 Å². The molecule has 0 amide bonds. The normalized spacial score (nSPS) is 14.6. The number of H-pyrrole nitrogens is 2. The van der Waals surface area contributed by atoms with Crippen molar-refractivity contribution in [3.05, 3.63) is 47.9 Å². The van der Waals surface area contributed by atoms with Crippen LogP contribution in [0.15, 0.2) is 47.2 Å². The third-order valence-electron chi connectivity index (χ3n) is 4.50. The lowest BCUT2D eigenvalue weighted by molar-refractivity contribution is -0.137. The first-order valence-electron chi connectivity index (χ1n) is 9.84. The fourth-order valence-corrected chi connectivity index (χ4v) is 3.08. The van der Waals surface area contributed by atoms with Gasteiger partial charge in [-0.2, -0.15) is 0 Å². The van der Waals surface area contributed by atoms with Gasteiger partial charge in [0.15, 0.2) is 0 Å². The van der Waals surface area contributed by atoms with Gasteiger partial charge in [0, 0.05) is 24.4 Å². The molecule has 0 aliphatic carbocycles. The molecular formula is C22H27N3O3. The molecule has 1 aliphatic rings. The van der Waals surface area contributed by atoms with E-state index in [1.54, 1.807) is 0 Å². The maximum atomic E-state index is 10.5. The molecule has 3 N–H and O–H groups in total. The van der Waals surface area contributed by atoms with Gasteiger partial charge in [-0.1, -0.05) is 13.3 Å². The predicted molar refractivity (Wildman–Crippen MR) is 112 cm³/mol. The lowest BCUT2D eigenvalue weighted by Gasteiger charge is -2.03. The van der Waals surface area contributed by atoms with Gasteiger partial charge in [-0.05, 0) is 56.0 Å². The van der Waals surface area contributed by atoms with Crippen LogP contribution in [0, 0.1) is 0 Å². The van der Waals surface area contributed by atoms with Crippen LogP contribution in [0.1, 0.15) is 51.1 Å². The third-order valence-corrected chi connectivity index (χ3v) is 4.50. The van der Waals surface area contributed by atoms with Crippen LogP contribution in [-0.2, 0) is 4.79 Å². The Hall–Kier alpha value is -3.02. The number of carbonyl (C=O) groups is 1. The minimum Gasteiger partial charge on any atom is -0.491 e. The molecule has 0 aromatic carbocycles. The van der Waals surface area contributed by atoms with Gasteiger partial charge in [0.05, 0.1) is 29.4 Å². The molecule has 0 spiro atoms. The van der Waals surface area contributed by atoms with Crippen LogP contribution < -0.4 is 4.74 Å². The number of aromatic amines is 2. The number of carboxylic acids is 1. The molecule has 2 aromatic rings. The van der Waals surface area contributed by atoms with E-state index in [4.69, 9.17) is 9.84 Å². The maximum absolute atomic E-state index is 10.5. The molecule has 3 rings (SSSR count). The molecule has 1 aliphatic heterocycles. The molecule has 0 unspecified atom stereocenters. The van der Waals surface area contributed by atoms with Crippen molar-refractivity contribution in [1.82, 2.24) is 9.97 Å². The summed E-state index contributed by atoms with van der Waals surface area (Å²) in [6, 6.07) is 6.00. The summed E-state index contributed by atoms with van der Waals surface area (Å²) in [6.07, 6.45) is 12.6. The van der Waals surface area contributed by atoms with Crippen molar-refractivity contribution in [3.63, 3.8) is 0 Å². The van der Waals surface area contributed by atoms with Crippen LogP contribution in [-0.4, -0.2) is 33.4 Å². The number of carboxylic acid groups (broad SMARTS) is 1. The second-order valence-electron chi connectivity index (χ2n) is 6.85. The summed E-state index contributed by atoms with van der Waals surface area (Å²) in [4.78, 5) is 21.8. The van der Waals surface area contributed by atoms with Crippen molar-refractivity contribution < 1.29 is 14.6 Å². The number of aliphatic carboxylic acids is 1. The van der Waals surface area contributed by atoms with Gasteiger partial charge in [-0.25, -0.2) is 0 Å². The van der Waals surface area contributed by atoms with Crippen LogP contribution in [0.2, 0.25) is 0 Å². The van der Waals surface area contributed by atoms with Crippen LogP contribution in [0.3, 0.4) is 0 Å². The summed E-state index contributed by atoms with van der Waals surface area (Å²) in [5.41, 5.74) is 4.82. The number of rotatable bonds is 11. The van der Waals surface area contributed by atoms with Gasteiger partial charge in [-0.3, -0.25) is 9.79 Å². The highest BCUT2D eigenvalue weighted by molar-refractivity contribution is 5.99. The van der Waals surface area contributed by atoms with E-state index in [0.29, 0.717) is 6.61 Å². The number of unbranched alkanes of at least 4 members (excludes halogenated alkanes) is 2. The van der Waals surface area contributed by atoms with E-state index in [9.17, 15) is 4.79 Å². The zero-order valence-electron chi connectivity index (χ0n) is 16.2. The maximum Gasteiger partial charge on any atom is 0.303 e. The summed E-state index contributed by atoms with van der Waals surface area (Å²) in [7, 11) is 0. The van der Waals surface area contributed by atoms with Gasteiger partial charge in [0.25, 0.3) is 0 Å². The zero-order valence-corrected chi connectivity index (χ0v) is 16.2. The molecule has 148 valence electrons. The summed E-state index contributed by atoms with van der Waals surface area (Å²) in [6.45, 7) is 2.75. The van der Waals surface area contributed by atoms with Crippen molar-refractivity contribution >= 4 is 17.8 Å². The highest BCUT2D eigenvalue weighted by Gasteiger charge is 2.12. The van der Waals surface area contributed by atoms with E-state index in [-0.39, 0.29) is 6.42 Å². The monoisotopic (exact) mass is 381 g/mol. The quantitative estimate of drug-likeness (QED) is 0.468. The van der Waals surface area contributed by atoms with Gasteiger partial charge in [-0.15, -0.1) is 0 Å². The number of ether oxygens (including phenoxy) is 1. The molecule has 0 bridgehead atoms. The Morgan fingerprint density at radius 2 is 2.14 bits per heavy atom. The second-order valence-corrected chi connectivity index (χ2v) is 6.85. The Bertz CT molecular complexity index is 873. The largest absolute Gasteiger partial charge is 0.491 e. The average Bonchev–Trinajstić information content (AvgIpc) is 3.41. The smallest absolute Gasteiger partial charge is 0.303 e. The Labute approximate surface area is 165 Å². The topological polar surface area (TPSA) is 90.5 Å². The summed E-state index contributed by atoms with van der Waals surface area (Å²) in [5, 5.41) is 8.68. The van der Waals surface area contributed by atoms with Crippen molar-refractivity contribution in [1.29, 1.82) is 0 Å². The number of aromatic nitrogens is 2. The summed E-state index contributed by atoms with van der Waals surface area (Å²) in [5.74, 6) is 0.0961. The number of nitrogens with zero attached hydrogens (tertiary/aromatic N) is 1. The molecule has 6 nitrogen and oxygen atoms in total. The molecule has 0 saturated carbocycles. The number of allylic oxidation sites excluding steroid dienone is 2. The standard InChI is InChI=1S/C22H27N3O3/c1-2-13-28-21-15-19(18-8-6-12-23-18)25-20(21)14-17-11-10-16(24-17)7-4-3-5-9-22(26)27/h6,8,10-12,14-15,23,25H,2-5,7,9,13H2,1H3,(H,26,27). The minimum atomic E-state index is -0.728. The fourth-order valence-electron chi connectivity index (χ4n) is 3.08. The molecule has 0 radical (unpaired) electrons. The molecule has 3 heterocycles. The van der Waals surface area contributed by atoms with Gasteiger partial charge in [0.2, 0.25) is 0 Å². The van der Waals surface area contributed by atoms with E-state index in [0.717, 1.165) is 66.3 Å². The lowest BCUT2D eigenvalue weighted by atomic mass is 10.1. The fraction of sp³-hybridized carbons (Fsp3) is 0.364. The van der Waals surface area contributed by atoms with Gasteiger partial charge < -0.3 is 19.8 Å². The van der Waals surface area contributed by atoms with Crippen LogP contribution in [0.25, 0.3) is 17.5 Å². The number of hydrogen-bond acceptors (Lipinski definition) is 3. The van der Waals surface area contributed by atoms with Crippen LogP contribution in [0.4, 0.5) is 0 Å². The molecule has 0 saturated heterocycles. The first kappa shape index (κ1) is 19.7. The molecule has 6 heteroatoms. The summed E-state index contributed by atoms with van der Waals surface area (Å²) < 4.78 is 5.90. The highest BCUT2D eigenvalue weighted by Crippen LogP contribution is 2.29. The first-order valence-corrected chi connectivity index (χ1v) is 9.84. The lowest BCUT2D eigenvalue weighted by Crippen LogP contribution is -1.95.